The molecule has 0 saturated carbocycles. The number of anilines is 1. The molecule has 2 aromatic heterocycles. The van der Waals surface area contributed by atoms with Gasteiger partial charge in [0.15, 0.2) is 17.7 Å². The number of hydrogen-bond acceptors (Lipinski definition) is 11. The van der Waals surface area contributed by atoms with Gasteiger partial charge in [0.1, 0.15) is 42.7 Å². The van der Waals surface area contributed by atoms with Gasteiger partial charge in [-0.15, -0.1) is 0 Å². The average molecular weight is 407 g/mol. The Morgan fingerprint density at radius 1 is 1.38 bits per heavy atom. The Hall–Kier alpha value is -2.84. The maximum atomic E-state index is 10.5. The second-order valence-corrected chi connectivity index (χ2v) is 6.48. The van der Waals surface area contributed by atoms with Gasteiger partial charge in [0.05, 0.1) is 6.33 Å². The molecule has 0 amide bonds. The van der Waals surface area contributed by atoms with Crippen molar-refractivity contribution in [3.05, 3.63) is 24.4 Å². The molecule has 158 valence electrons. The standard InChI is InChI=1S/C16H25N9O4/c1-28-7-21-3-8(13(17)18)2-20-4-9-11(26)12(27)16(29-9)25-6-24-10-14(19)22-5-23-15(10)25/h3,5-6,9,11-12,16,20-21,26-27H,2,4,7H2,1H3,(H3,17,18)(H2,19,22,23)/b8-3-/t9-,11?,12+,16-/m1/s1. The molecule has 13 nitrogen and oxygen atoms in total. The van der Waals surface area contributed by atoms with E-state index in [2.05, 4.69) is 25.6 Å². The van der Waals surface area contributed by atoms with Crippen LogP contribution in [-0.4, -0.2) is 80.8 Å². The van der Waals surface area contributed by atoms with E-state index in [0.29, 0.717) is 16.7 Å². The molecule has 29 heavy (non-hydrogen) atoms. The first-order chi connectivity index (χ1) is 13.9. The van der Waals surface area contributed by atoms with Gasteiger partial charge < -0.3 is 41.8 Å². The zero-order valence-corrected chi connectivity index (χ0v) is 15.8. The molecular formula is C16H25N9O4. The molecule has 13 heteroatoms. The highest BCUT2D eigenvalue weighted by Gasteiger charge is 2.44. The lowest BCUT2D eigenvalue weighted by Crippen LogP contribution is -2.39. The van der Waals surface area contributed by atoms with Crippen molar-refractivity contribution in [1.29, 1.82) is 5.41 Å². The highest BCUT2D eigenvalue weighted by Crippen LogP contribution is 2.31. The Kier molecular flexibility index (Phi) is 6.56. The molecule has 3 rings (SSSR count). The lowest BCUT2D eigenvalue weighted by Gasteiger charge is -2.17. The van der Waals surface area contributed by atoms with Gasteiger partial charge in [-0.3, -0.25) is 9.98 Å². The second-order valence-electron chi connectivity index (χ2n) is 6.48. The van der Waals surface area contributed by atoms with Gasteiger partial charge in [0, 0.05) is 32.0 Å². The number of rotatable bonds is 9. The predicted molar refractivity (Wildman–Crippen MR) is 104 cm³/mol. The number of nitrogens with zero attached hydrogens (tertiary/aromatic N) is 4. The summed E-state index contributed by atoms with van der Waals surface area (Å²) in [4.78, 5) is 12.2. The molecule has 3 heterocycles. The van der Waals surface area contributed by atoms with E-state index in [9.17, 15) is 10.2 Å². The van der Waals surface area contributed by atoms with Crippen molar-refractivity contribution in [2.24, 2.45) is 5.73 Å². The first kappa shape index (κ1) is 20.9. The molecule has 4 atom stereocenters. The first-order valence-electron chi connectivity index (χ1n) is 8.85. The number of aliphatic hydroxyl groups excluding tert-OH is 2. The first-order valence-corrected chi connectivity index (χ1v) is 8.85. The zero-order valence-electron chi connectivity index (χ0n) is 15.8. The highest BCUT2D eigenvalue weighted by molar-refractivity contribution is 5.94. The Labute approximate surface area is 166 Å². The van der Waals surface area contributed by atoms with E-state index in [-0.39, 0.29) is 31.5 Å². The van der Waals surface area contributed by atoms with Crippen molar-refractivity contribution in [2.75, 3.05) is 32.7 Å². The molecule has 0 spiro atoms. The van der Waals surface area contributed by atoms with Crippen LogP contribution in [-0.2, 0) is 9.47 Å². The number of aromatic nitrogens is 4. The summed E-state index contributed by atoms with van der Waals surface area (Å²) in [5.74, 6) is 0.111. The fourth-order valence-electron chi connectivity index (χ4n) is 3.01. The van der Waals surface area contributed by atoms with Gasteiger partial charge in [-0.1, -0.05) is 0 Å². The van der Waals surface area contributed by atoms with Crippen LogP contribution in [0.4, 0.5) is 5.82 Å². The number of fused-ring (bicyclic) bond motifs is 1. The van der Waals surface area contributed by atoms with Crippen LogP contribution in [0.15, 0.2) is 24.4 Å². The Morgan fingerprint density at radius 3 is 2.90 bits per heavy atom. The van der Waals surface area contributed by atoms with E-state index in [1.807, 2.05) is 0 Å². The Bertz CT molecular complexity index is 886. The number of nitrogen functional groups attached to an aromatic ring is 1. The smallest absolute Gasteiger partial charge is 0.167 e. The van der Waals surface area contributed by atoms with E-state index in [4.69, 9.17) is 26.4 Å². The fraction of sp³-hybridized carbons (Fsp3) is 0.500. The minimum Gasteiger partial charge on any atom is -0.387 e. The van der Waals surface area contributed by atoms with Crippen molar-refractivity contribution in [1.82, 2.24) is 30.2 Å². The number of nitrogens with one attached hydrogen (secondary N) is 3. The van der Waals surface area contributed by atoms with Crippen LogP contribution in [0.2, 0.25) is 0 Å². The van der Waals surface area contributed by atoms with Gasteiger partial charge in [0.2, 0.25) is 0 Å². The third-order valence-corrected chi connectivity index (χ3v) is 4.51. The third-order valence-electron chi connectivity index (χ3n) is 4.51. The van der Waals surface area contributed by atoms with Gasteiger partial charge in [0.25, 0.3) is 0 Å². The van der Waals surface area contributed by atoms with Gasteiger partial charge >= 0.3 is 0 Å². The van der Waals surface area contributed by atoms with E-state index in [0.717, 1.165) is 0 Å². The second kappa shape index (κ2) is 9.11. The monoisotopic (exact) mass is 407 g/mol. The molecule has 1 aliphatic heterocycles. The topological polar surface area (TPSA) is 202 Å². The van der Waals surface area contributed by atoms with Crippen molar-refractivity contribution in [2.45, 2.75) is 24.5 Å². The molecule has 0 aliphatic carbocycles. The number of imidazole rings is 1. The number of hydrogen-bond donors (Lipinski definition) is 7. The van der Waals surface area contributed by atoms with Gasteiger partial charge in [-0.25, -0.2) is 15.0 Å². The Balaban J connectivity index is 1.64. The number of methoxy groups -OCH3 is 1. The lowest BCUT2D eigenvalue weighted by molar-refractivity contribution is -0.0339. The molecular weight excluding hydrogens is 382 g/mol. The van der Waals surface area contributed by atoms with E-state index >= 15 is 0 Å². The normalized spacial score (nSPS) is 24.9. The third kappa shape index (κ3) is 4.44. The zero-order chi connectivity index (χ0) is 21.0. The maximum Gasteiger partial charge on any atom is 0.167 e. The van der Waals surface area contributed by atoms with Crippen molar-refractivity contribution in [3.63, 3.8) is 0 Å². The summed E-state index contributed by atoms with van der Waals surface area (Å²) in [6, 6.07) is 0. The summed E-state index contributed by atoms with van der Waals surface area (Å²) in [6.07, 6.45) is 0.380. The van der Waals surface area contributed by atoms with Crippen molar-refractivity contribution >= 4 is 22.8 Å². The van der Waals surface area contributed by atoms with Crippen LogP contribution in [0.5, 0.6) is 0 Å². The largest absolute Gasteiger partial charge is 0.387 e. The molecule has 0 radical (unpaired) electrons. The van der Waals surface area contributed by atoms with E-state index in [1.165, 1.54) is 24.3 Å². The number of ether oxygens (including phenoxy) is 2. The summed E-state index contributed by atoms with van der Waals surface area (Å²) in [5, 5.41) is 34.4. The van der Waals surface area contributed by atoms with Gasteiger partial charge in [-0.2, -0.15) is 0 Å². The van der Waals surface area contributed by atoms with E-state index < -0.39 is 24.5 Å². The molecule has 2 aromatic rings. The summed E-state index contributed by atoms with van der Waals surface area (Å²) in [5.41, 5.74) is 12.6. The van der Waals surface area contributed by atoms with Crippen LogP contribution < -0.4 is 22.1 Å². The fourth-order valence-corrected chi connectivity index (χ4v) is 3.01. The maximum absolute atomic E-state index is 10.5. The minimum atomic E-state index is -1.19. The summed E-state index contributed by atoms with van der Waals surface area (Å²) in [6.45, 7) is 0.757. The molecule has 0 aromatic carbocycles. The van der Waals surface area contributed by atoms with Crippen LogP contribution in [0.3, 0.4) is 0 Å². The molecule has 1 saturated heterocycles. The predicted octanol–water partition coefficient (Wildman–Crippen LogP) is -2.37. The molecule has 0 bridgehead atoms. The van der Waals surface area contributed by atoms with Crippen molar-refractivity contribution < 1.29 is 19.7 Å². The SMILES string of the molecule is COCN/C=C(/CNC[C@H]1O[C@@H](n2cnc3c(N)ncnc32)[C@@H](O)C1O)C(=N)N. The van der Waals surface area contributed by atoms with Crippen LogP contribution in [0.25, 0.3) is 11.2 Å². The van der Waals surface area contributed by atoms with Crippen LogP contribution >= 0.6 is 0 Å². The lowest BCUT2D eigenvalue weighted by atomic mass is 10.1. The summed E-state index contributed by atoms with van der Waals surface area (Å²) < 4.78 is 12.2. The number of aliphatic hydroxyl groups is 2. The molecule has 1 aliphatic rings. The highest BCUT2D eigenvalue weighted by atomic mass is 16.6. The molecule has 1 fully saturated rings. The van der Waals surface area contributed by atoms with Crippen LogP contribution in [0, 0.1) is 5.41 Å². The molecule has 9 N–H and O–H groups in total. The minimum absolute atomic E-state index is 0.103. The quantitative estimate of drug-likeness (QED) is 0.101. The van der Waals surface area contributed by atoms with Crippen LogP contribution in [0.1, 0.15) is 6.23 Å². The number of amidine groups is 1. The van der Waals surface area contributed by atoms with E-state index in [1.54, 1.807) is 6.20 Å². The number of nitrogens with two attached hydrogens (primary N) is 2. The van der Waals surface area contributed by atoms with Crippen molar-refractivity contribution in [3.8, 4) is 0 Å². The Morgan fingerprint density at radius 2 is 2.17 bits per heavy atom. The summed E-state index contributed by atoms with van der Waals surface area (Å²) in [7, 11) is 1.54. The average Bonchev–Trinajstić information content (AvgIpc) is 3.24. The molecule has 1 unspecified atom stereocenters. The summed E-state index contributed by atoms with van der Waals surface area (Å²) >= 11 is 0. The van der Waals surface area contributed by atoms with Gasteiger partial charge in [-0.05, 0) is 0 Å².